The van der Waals surface area contributed by atoms with Crippen LogP contribution in [0.1, 0.15) is 16.8 Å². The molecule has 5 nitrogen and oxygen atoms in total. The molecule has 1 fully saturated rings. The Kier molecular flexibility index (Phi) is 4.10. The molecule has 2 aromatic rings. The molecule has 2 amide bonds. The maximum atomic E-state index is 12.4. The Morgan fingerprint density at radius 2 is 1.91 bits per heavy atom. The van der Waals surface area contributed by atoms with Gasteiger partial charge in [0.15, 0.2) is 5.78 Å². The van der Waals surface area contributed by atoms with Gasteiger partial charge in [0.1, 0.15) is 0 Å². The Morgan fingerprint density at radius 1 is 1.17 bits per heavy atom. The van der Waals surface area contributed by atoms with Crippen molar-refractivity contribution in [2.24, 2.45) is 5.92 Å². The van der Waals surface area contributed by atoms with E-state index < -0.39 is 0 Å². The van der Waals surface area contributed by atoms with Crippen molar-refractivity contribution in [2.75, 3.05) is 20.1 Å². The number of Topliss-reactive ketones (excluding diaryl/α,β-unsaturated/α-hetero) is 1. The van der Waals surface area contributed by atoms with Gasteiger partial charge in [0.2, 0.25) is 11.8 Å². The van der Waals surface area contributed by atoms with E-state index in [-0.39, 0.29) is 36.5 Å². The van der Waals surface area contributed by atoms with Crippen molar-refractivity contribution in [3.8, 4) is 0 Å². The molecule has 1 atom stereocenters. The number of likely N-dealkylation sites (tertiary alicyclic amines) is 1. The number of carbonyl (C=O) groups is 3. The van der Waals surface area contributed by atoms with E-state index in [1.807, 2.05) is 36.4 Å². The lowest BCUT2D eigenvalue weighted by atomic mass is 10.0. The first kappa shape index (κ1) is 15.2. The Balaban J connectivity index is 1.67. The van der Waals surface area contributed by atoms with Gasteiger partial charge in [0.25, 0.3) is 0 Å². The normalized spacial score (nSPS) is 17.5. The number of nitrogens with zero attached hydrogens (tertiary/aromatic N) is 1. The molecule has 1 N–H and O–H groups in total. The molecule has 0 spiro atoms. The third-order valence-electron chi connectivity index (χ3n) is 4.23. The summed E-state index contributed by atoms with van der Waals surface area (Å²) < 4.78 is 0. The summed E-state index contributed by atoms with van der Waals surface area (Å²) in [4.78, 5) is 37.5. The molecule has 118 valence electrons. The van der Waals surface area contributed by atoms with E-state index in [0.29, 0.717) is 12.1 Å². The fourth-order valence-electron chi connectivity index (χ4n) is 2.91. The van der Waals surface area contributed by atoms with Gasteiger partial charge in [-0.2, -0.15) is 0 Å². The van der Waals surface area contributed by atoms with Crippen LogP contribution in [0.2, 0.25) is 0 Å². The summed E-state index contributed by atoms with van der Waals surface area (Å²) in [5.41, 5.74) is 0.600. The number of hydrogen-bond donors (Lipinski definition) is 1. The number of fused-ring (bicyclic) bond motifs is 1. The highest BCUT2D eigenvalue weighted by molar-refractivity contribution is 6.09. The second-order valence-corrected chi connectivity index (χ2v) is 5.84. The summed E-state index contributed by atoms with van der Waals surface area (Å²) in [6, 6.07) is 13.2. The number of amides is 2. The van der Waals surface area contributed by atoms with Crippen LogP contribution in [0.4, 0.5) is 0 Å². The van der Waals surface area contributed by atoms with E-state index in [9.17, 15) is 14.4 Å². The second-order valence-electron chi connectivity index (χ2n) is 5.84. The van der Waals surface area contributed by atoms with Gasteiger partial charge in [-0.1, -0.05) is 42.5 Å². The van der Waals surface area contributed by atoms with Crippen LogP contribution in [0.15, 0.2) is 42.5 Å². The lowest BCUT2D eigenvalue weighted by Crippen LogP contribution is -2.35. The predicted octanol–water partition coefficient (Wildman–Crippen LogP) is 1.62. The minimum atomic E-state index is -0.368. The molecule has 0 saturated carbocycles. The first-order valence-electron chi connectivity index (χ1n) is 7.59. The van der Waals surface area contributed by atoms with Crippen LogP contribution < -0.4 is 5.32 Å². The van der Waals surface area contributed by atoms with E-state index >= 15 is 0 Å². The van der Waals surface area contributed by atoms with Crippen LogP contribution in [0.25, 0.3) is 10.8 Å². The van der Waals surface area contributed by atoms with Gasteiger partial charge >= 0.3 is 0 Å². The third-order valence-corrected chi connectivity index (χ3v) is 4.23. The molecule has 0 aromatic heterocycles. The highest BCUT2D eigenvalue weighted by Crippen LogP contribution is 2.19. The summed E-state index contributed by atoms with van der Waals surface area (Å²) in [5, 5.41) is 4.53. The topological polar surface area (TPSA) is 66.5 Å². The molecule has 0 radical (unpaired) electrons. The molecular formula is C18H18N2O3. The third kappa shape index (κ3) is 3.08. The maximum Gasteiger partial charge on any atom is 0.225 e. The first-order chi connectivity index (χ1) is 11.1. The standard InChI is InChI=1S/C18H18N2O3/c1-20-11-13(9-17(20)22)18(23)19-10-16(21)15-8-4-6-12-5-2-3-7-14(12)15/h2-8,13H,9-11H2,1H3,(H,19,23)/t13-/m0/s1. The zero-order valence-electron chi connectivity index (χ0n) is 12.9. The van der Waals surface area contributed by atoms with E-state index in [1.165, 1.54) is 4.90 Å². The van der Waals surface area contributed by atoms with E-state index in [2.05, 4.69) is 5.32 Å². The van der Waals surface area contributed by atoms with Gasteiger partial charge in [-0.05, 0) is 10.8 Å². The van der Waals surface area contributed by atoms with Crippen LogP contribution in [0.5, 0.6) is 0 Å². The van der Waals surface area contributed by atoms with Gasteiger partial charge < -0.3 is 10.2 Å². The summed E-state index contributed by atoms with van der Waals surface area (Å²) in [5.74, 6) is -0.775. The van der Waals surface area contributed by atoms with Crippen molar-refractivity contribution in [3.05, 3.63) is 48.0 Å². The fraction of sp³-hybridized carbons (Fsp3) is 0.278. The molecule has 3 rings (SSSR count). The average Bonchev–Trinajstić information content (AvgIpc) is 2.91. The largest absolute Gasteiger partial charge is 0.348 e. The SMILES string of the molecule is CN1C[C@@H](C(=O)NCC(=O)c2cccc3ccccc23)CC1=O. The molecule has 2 aromatic carbocycles. The van der Waals surface area contributed by atoms with Crippen molar-refractivity contribution >= 4 is 28.4 Å². The van der Waals surface area contributed by atoms with Crippen molar-refractivity contribution in [1.82, 2.24) is 10.2 Å². The average molecular weight is 310 g/mol. The molecule has 1 heterocycles. The van der Waals surface area contributed by atoms with Crippen LogP contribution in [-0.2, 0) is 9.59 Å². The Bertz CT molecular complexity index is 779. The lowest BCUT2D eigenvalue weighted by Gasteiger charge is -2.11. The number of hydrogen-bond acceptors (Lipinski definition) is 3. The second kappa shape index (κ2) is 6.20. The number of nitrogens with one attached hydrogen (secondary N) is 1. The van der Waals surface area contributed by atoms with Gasteiger partial charge in [-0.15, -0.1) is 0 Å². The van der Waals surface area contributed by atoms with Gasteiger partial charge in [0.05, 0.1) is 12.5 Å². The summed E-state index contributed by atoms with van der Waals surface area (Å²) in [6.45, 7) is 0.356. The van der Waals surface area contributed by atoms with Crippen LogP contribution in [0.3, 0.4) is 0 Å². The van der Waals surface area contributed by atoms with Crippen LogP contribution in [-0.4, -0.2) is 42.6 Å². The molecule has 1 saturated heterocycles. The molecule has 23 heavy (non-hydrogen) atoms. The van der Waals surface area contributed by atoms with Crippen molar-refractivity contribution in [1.29, 1.82) is 0 Å². The Morgan fingerprint density at radius 3 is 2.65 bits per heavy atom. The molecule has 0 aliphatic carbocycles. The fourth-order valence-corrected chi connectivity index (χ4v) is 2.91. The van der Waals surface area contributed by atoms with Crippen molar-refractivity contribution < 1.29 is 14.4 Å². The molecule has 1 aliphatic rings. The highest BCUT2D eigenvalue weighted by atomic mass is 16.2. The minimum absolute atomic E-state index is 0.0365. The van der Waals surface area contributed by atoms with Crippen molar-refractivity contribution in [3.63, 3.8) is 0 Å². The summed E-state index contributed by atoms with van der Waals surface area (Å²) in [6.07, 6.45) is 0.213. The molecule has 0 bridgehead atoms. The Hall–Kier alpha value is -2.69. The van der Waals surface area contributed by atoms with Crippen LogP contribution in [0, 0.1) is 5.92 Å². The quantitative estimate of drug-likeness (QED) is 0.873. The first-order valence-corrected chi connectivity index (χ1v) is 7.59. The van der Waals surface area contributed by atoms with Crippen LogP contribution >= 0.6 is 0 Å². The summed E-state index contributed by atoms with van der Waals surface area (Å²) in [7, 11) is 1.68. The van der Waals surface area contributed by atoms with Crippen molar-refractivity contribution in [2.45, 2.75) is 6.42 Å². The van der Waals surface area contributed by atoms with Gasteiger partial charge in [0, 0.05) is 25.6 Å². The number of ketones is 1. The number of carbonyl (C=O) groups excluding carboxylic acids is 3. The van der Waals surface area contributed by atoms with E-state index in [4.69, 9.17) is 0 Å². The van der Waals surface area contributed by atoms with E-state index in [0.717, 1.165) is 10.8 Å². The van der Waals surface area contributed by atoms with E-state index in [1.54, 1.807) is 13.1 Å². The maximum absolute atomic E-state index is 12.4. The minimum Gasteiger partial charge on any atom is -0.348 e. The smallest absolute Gasteiger partial charge is 0.225 e. The number of benzene rings is 2. The Labute approximate surface area is 134 Å². The molecule has 5 heteroatoms. The highest BCUT2D eigenvalue weighted by Gasteiger charge is 2.32. The lowest BCUT2D eigenvalue weighted by molar-refractivity contribution is -0.128. The monoisotopic (exact) mass is 310 g/mol. The van der Waals surface area contributed by atoms with Gasteiger partial charge in [-0.3, -0.25) is 14.4 Å². The summed E-state index contributed by atoms with van der Waals surface area (Å²) >= 11 is 0. The molecule has 0 unspecified atom stereocenters. The zero-order valence-corrected chi connectivity index (χ0v) is 12.9. The number of rotatable bonds is 4. The molecule has 1 aliphatic heterocycles. The zero-order chi connectivity index (χ0) is 16.4. The van der Waals surface area contributed by atoms with Gasteiger partial charge in [-0.25, -0.2) is 0 Å². The molecular weight excluding hydrogens is 292 g/mol. The predicted molar refractivity (Wildman–Crippen MR) is 87.0 cm³/mol.